The maximum absolute atomic E-state index is 15.7. The molecule has 0 unspecified atom stereocenters. The van der Waals surface area contributed by atoms with Gasteiger partial charge in [-0.25, -0.2) is 18.7 Å². The summed E-state index contributed by atoms with van der Waals surface area (Å²) >= 11 is 0. The van der Waals surface area contributed by atoms with E-state index in [4.69, 9.17) is 4.74 Å². The molecule has 0 saturated heterocycles. The number of hydrogen-bond donors (Lipinski definition) is 1. The molecule has 0 aliphatic heterocycles. The number of phenols is 1. The van der Waals surface area contributed by atoms with Crippen molar-refractivity contribution >= 4 is 5.82 Å². The molecule has 1 aliphatic rings. The van der Waals surface area contributed by atoms with Gasteiger partial charge in [0.15, 0.2) is 17.5 Å². The van der Waals surface area contributed by atoms with Crippen LogP contribution in [0.15, 0.2) is 30.6 Å². The van der Waals surface area contributed by atoms with Gasteiger partial charge in [0.1, 0.15) is 17.6 Å². The van der Waals surface area contributed by atoms with Crippen molar-refractivity contribution in [2.24, 2.45) is 5.41 Å². The summed E-state index contributed by atoms with van der Waals surface area (Å²) in [5.74, 6) is -0.132. The number of phenolic OH excluding ortho intramolecular Hbond substituents is 1. The van der Waals surface area contributed by atoms with Crippen molar-refractivity contribution < 1.29 is 18.6 Å². The van der Waals surface area contributed by atoms with Crippen molar-refractivity contribution in [1.82, 2.24) is 25.1 Å². The first-order chi connectivity index (χ1) is 17.3. The van der Waals surface area contributed by atoms with Crippen LogP contribution < -0.4 is 9.64 Å². The quantitative estimate of drug-likeness (QED) is 0.434. The number of hydrogen-bond acceptors (Lipinski definition) is 8. The lowest BCUT2D eigenvalue weighted by molar-refractivity contribution is 0.0868. The van der Waals surface area contributed by atoms with Gasteiger partial charge in [-0.2, -0.15) is 4.98 Å². The van der Waals surface area contributed by atoms with E-state index in [-0.39, 0.29) is 34.7 Å². The van der Waals surface area contributed by atoms with Gasteiger partial charge in [0.2, 0.25) is 0 Å². The van der Waals surface area contributed by atoms with Crippen molar-refractivity contribution in [3.63, 3.8) is 0 Å². The van der Waals surface area contributed by atoms with Crippen molar-refractivity contribution in [2.75, 3.05) is 19.1 Å². The van der Waals surface area contributed by atoms with Gasteiger partial charge in [-0.05, 0) is 31.4 Å². The van der Waals surface area contributed by atoms with Crippen LogP contribution in [0.2, 0.25) is 0 Å². The third-order valence-corrected chi connectivity index (χ3v) is 7.15. The van der Waals surface area contributed by atoms with Crippen LogP contribution in [0.4, 0.5) is 14.6 Å². The topological polar surface area (TPSA) is 97.2 Å². The van der Waals surface area contributed by atoms with Crippen molar-refractivity contribution in [3.05, 3.63) is 36.4 Å². The zero-order valence-electron chi connectivity index (χ0n) is 21.1. The van der Waals surface area contributed by atoms with Gasteiger partial charge in [-0.3, -0.25) is 0 Å². The molecular weight excluding hydrogens is 466 g/mol. The first-order valence-corrected chi connectivity index (χ1v) is 12.2. The molecule has 192 valence electrons. The molecule has 1 saturated carbocycles. The molecular formula is C26H32F2N6O2. The van der Waals surface area contributed by atoms with Gasteiger partial charge in [-0.15, -0.1) is 10.2 Å². The number of aromatic nitrogens is 5. The van der Waals surface area contributed by atoms with Crippen LogP contribution in [0.25, 0.3) is 22.6 Å². The largest absolute Gasteiger partial charge is 0.507 e. The molecule has 1 fully saturated rings. The number of aromatic hydroxyl groups is 1. The van der Waals surface area contributed by atoms with E-state index >= 15 is 4.39 Å². The van der Waals surface area contributed by atoms with Crippen LogP contribution in [0, 0.1) is 11.2 Å². The summed E-state index contributed by atoms with van der Waals surface area (Å²) in [6, 6.07) is 4.24. The number of rotatable bonds is 7. The lowest BCUT2D eigenvalue weighted by atomic mass is 9.76. The SMILES string of the molecule is CCC[C@]1(C)CCCC[C@H](N(C)c2cnc(-c3ccc(-c4nc(OC)ncc4F)cc3O)nn2)[C@@H]1F. The van der Waals surface area contributed by atoms with Gasteiger partial charge in [0.05, 0.1) is 31.1 Å². The third-order valence-electron chi connectivity index (χ3n) is 7.15. The molecule has 10 heteroatoms. The predicted octanol–water partition coefficient (Wildman–Crippen LogP) is 5.37. The molecule has 3 aromatic rings. The molecule has 36 heavy (non-hydrogen) atoms. The Balaban J connectivity index is 1.56. The molecule has 1 aromatic carbocycles. The zero-order valence-corrected chi connectivity index (χ0v) is 21.1. The number of nitrogens with zero attached hydrogens (tertiary/aromatic N) is 6. The highest BCUT2D eigenvalue weighted by molar-refractivity contribution is 5.71. The monoisotopic (exact) mass is 498 g/mol. The minimum atomic E-state index is -0.983. The van der Waals surface area contributed by atoms with E-state index in [1.54, 1.807) is 18.3 Å². The average molecular weight is 499 g/mol. The molecule has 2 heterocycles. The number of anilines is 1. The Morgan fingerprint density at radius 1 is 1.19 bits per heavy atom. The molecule has 0 spiro atoms. The minimum Gasteiger partial charge on any atom is -0.507 e. The normalized spacial score (nSPS) is 22.2. The number of ether oxygens (including phenoxy) is 1. The molecule has 4 rings (SSSR count). The Morgan fingerprint density at radius 3 is 2.67 bits per heavy atom. The van der Waals surface area contributed by atoms with E-state index in [0.29, 0.717) is 16.9 Å². The lowest BCUT2D eigenvalue weighted by Gasteiger charge is -2.39. The summed E-state index contributed by atoms with van der Waals surface area (Å²) in [5.41, 5.74) is 0.316. The first-order valence-electron chi connectivity index (χ1n) is 12.2. The second-order valence-electron chi connectivity index (χ2n) is 9.66. The highest BCUT2D eigenvalue weighted by Crippen LogP contribution is 2.42. The first kappa shape index (κ1) is 25.7. The number of methoxy groups -OCH3 is 1. The molecule has 1 N–H and O–H groups in total. The minimum absolute atomic E-state index is 0.000957. The van der Waals surface area contributed by atoms with Crippen molar-refractivity contribution in [3.8, 4) is 34.4 Å². The number of benzene rings is 1. The van der Waals surface area contributed by atoms with E-state index in [0.717, 1.165) is 44.7 Å². The van der Waals surface area contributed by atoms with Crippen LogP contribution >= 0.6 is 0 Å². The molecule has 8 nitrogen and oxygen atoms in total. The fourth-order valence-electron chi connectivity index (χ4n) is 5.10. The van der Waals surface area contributed by atoms with Gasteiger partial charge in [-0.1, -0.05) is 39.2 Å². The summed E-state index contributed by atoms with van der Waals surface area (Å²) in [5, 5.41) is 19.1. The molecule has 0 amide bonds. The fourth-order valence-corrected chi connectivity index (χ4v) is 5.10. The molecule has 0 bridgehead atoms. The number of alkyl halides is 1. The summed E-state index contributed by atoms with van der Waals surface area (Å²) in [7, 11) is 3.22. The van der Waals surface area contributed by atoms with Crippen LogP contribution in [-0.2, 0) is 0 Å². The Hall–Kier alpha value is -3.43. The maximum Gasteiger partial charge on any atom is 0.316 e. The summed E-state index contributed by atoms with van der Waals surface area (Å²) < 4.78 is 34.9. The van der Waals surface area contributed by atoms with Crippen molar-refractivity contribution in [2.45, 2.75) is 64.6 Å². The standard InChI is InChI=1S/C26H32F2N6O2/c1-5-11-26(2)12-7-6-8-19(23(26)28)34(3)21-15-29-24(33-32-21)17-10-9-16(13-20(17)35)22-18(27)14-30-25(31-22)36-4/h9-10,13-15,19,23,35H,5-8,11-12H2,1-4H3/t19-,23-,26+/m0/s1. The van der Waals surface area contributed by atoms with Gasteiger partial charge >= 0.3 is 6.01 Å². The van der Waals surface area contributed by atoms with Gasteiger partial charge in [0, 0.05) is 18.0 Å². The maximum atomic E-state index is 15.7. The van der Waals surface area contributed by atoms with Crippen LogP contribution in [0.3, 0.4) is 0 Å². The molecule has 0 radical (unpaired) electrons. The van der Waals surface area contributed by atoms with Crippen molar-refractivity contribution in [1.29, 1.82) is 0 Å². The molecule has 1 aliphatic carbocycles. The van der Waals surface area contributed by atoms with E-state index in [1.165, 1.54) is 13.2 Å². The second-order valence-corrected chi connectivity index (χ2v) is 9.66. The Kier molecular flexibility index (Phi) is 7.61. The van der Waals surface area contributed by atoms with E-state index in [1.807, 2.05) is 11.9 Å². The average Bonchev–Trinajstić information content (AvgIpc) is 3.02. The highest BCUT2D eigenvalue weighted by Gasteiger charge is 2.42. The third kappa shape index (κ3) is 5.08. The van der Waals surface area contributed by atoms with E-state index in [9.17, 15) is 9.50 Å². The van der Waals surface area contributed by atoms with E-state index < -0.39 is 12.0 Å². The summed E-state index contributed by atoms with van der Waals surface area (Å²) in [6.45, 7) is 4.15. The van der Waals surface area contributed by atoms with Crippen LogP contribution in [0.5, 0.6) is 11.8 Å². The lowest BCUT2D eigenvalue weighted by Crippen LogP contribution is -2.46. The molecule has 3 atom stereocenters. The highest BCUT2D eigenvalue weighted by atomic mass is 19.1. The van der Waals surface area contributed by atoms with Crippen LogP contribution in [0.1, 0.15) is 52.4 Å². The predicted molar refractivity (Wildman–Crippen MR) is 133 cm³/mol. The Bertz CT molecular complexity index is 1200. The summed E-state index contributed by atoms with van der Waals surface area (Å²) in [6.07, 6.45) is 6.98. The zero-order chi connectivity index (χ0) is 25.9. The number of halogens is 2. The Labute approximate surface area is 209 Å². The second kappa shape index (κ2) is 10.7. The van der Waals surface area contributed by atoms with Gasteiger partial charge < -0.3 is 14.7 Å². The van der Waals surface area contributed by atoms with Crippen LogP contribution in [-0.4, -0.2) is 56.6 Å². The smallest absolute Gasteiger partial charge is 0.316 e. The van der Waals surface area contributed by atoms with Gasteiger partial charge in [0.25, 0.3) is 0 Å². The fraction of sp³-hybridized carbons (Fsp3) is 0.500. The van der Waals surface area contributed by atoms with E-state index in [2.05, 4.69) is 39.0 Å². The summed E-state index contributed by atoms with van der Waals surface area (Å²) in [4.78, 5) is 14.0. The Morgan fingerprint density at radius 2 is 2.00 bits per heavy atom. The molecule has 2 aromatic heterocycles.